The molecule has 0 aliphatic heterocycles. The lowest BCUT2D eigenvalue weighted by atomic mass is 9.77. The maximum absolute atomic E-state index is 14.9. The summed E-state index contributed by atoms with van der Waals surface area (Å²) >= 11 is 0. The van der Waals surface area contributed by atoms with Gasteiger partial charge in [0, 0.05) is 22.3 Å². The van der Waals surface area contributed by atoms with E-state index in [0.29, 0.717) is 27.2 Å². The van der Waals surface area contributed by atoms with E-state index in [1.165, 1.54) is 0 Å². The Hall–Kier alpha value is -7.06. The van der Waals surface area contributed by atoms with Crippen molar-refractivity contribution in [2.24, 2.45) is 0 Å². The second-order valence-corrected chi connectivity index (χ2v) is 18.6. The molecular formula is C55H53N2O7P. The van der Waals surface area contributed by atoms with Crippen LogP contribution < -0.4 is 31.3 Å². The first-order valence-corrected chi connectivity index (χ1v) is 23.5. The van der Waals surface area contributed by atoms with E-state index in [2.05, 4.69) is 10.6 Å². The van der Waals surface area contributed by atoms with Crippen molar-refractivity contribution in [3.05, 3.63) is 228 Å². The van der Waals surface area contributed by atoms with Crippen LogP contribution in [-0.2, 0) is 29.2 Å². The fraction of sp³-hybridized carbons (Fsp3) is 0.182. The maximum Gasteiger partial charge on any atom is 0.329 e. The summed E-state index contributed by atoms with van der Waals surface area (Å²) in [6.45, 7) is 3.43. The van der Waals surface area contributed by atoms with Gasteiger partial charge in [0.1, 0.15) is 23.4 Å². The van der Waals surface area contributed by atoms with Gasteiger partial charge in [0.15, 0.2) is 7.14 Å². The van der Waals surface area contributed by atoms with Crippen molar-refractivity contribution < 1.29 is 33.5 Å². The molecule has 2 amide bonds. The van der Waals surface area contributed by atoms with Crippen LogP contribution in [0.4, 0.5) is 0 Å². The Morgan fingerprint density at radius 2 is 0.985 bits per heavy atom. The van der Waals surface area contributed by atoms with E-state index < -0.39 is 42.8 Å². The number of carbonyl (C=O) groups excluding carboxylic acids is 3. The molecule has 3 atom stereocenters. The van der Waals surface area contributed by atoms with Crippen molar-refractivity contribution in [1.29, 1.82) is 0 Å². The van der Waals surface area contributed by atoms with Gasteiger partial charge in [0.05, 0.1) is 19.1 Å². The molecule has 0 fully saturated rings. The third-order valence-corrected chi connectivity index (χ3v) is 14.5. The van der Waals surface area contributed by atoms with Crippen LogP contribution in [0.15, 0.2) is 200 Å². The van der Waals surface area contributed by atoms with Crippen LogP contribution in [0.2, 0.25) is 0 Å². The maximum atomic E-state index is 14.9. The van der Waals surface area contributed by atoms with Crippen LogP contribution in [0.1, 0.15) is 73.1 Å². The van der Waals surface area contributed by atoms with Gasteiger partial charge in [0.25, 0.3) is 0 Å². The summed E-state index contributed by atoms with van der Waals surface area (Å²) in [4.78, 5) is 41.9. The Labute approximate surface area is 380 Å². The molecule has 3 N–H and O–H groups in total. The normalized spacial score (nSPS) is 12.8. The van der Waals surface area contributed by atoms with Crippen LogP contribution in [-0.4, -0.2) is 35.5 Å². The van der Waals surface area contributed by atoms with Crippen molar-refractivity contribution in [3.8, 4) is 5.75 Å². The summed E-state index contributed by atoms with van der Waals surface area (Å²) in [5.41, 5.74) is 2.86. The van der Waals surface area contributed by atoms with Crippen LogP contribution in [0, 0.1) is 0 Å². The number of hydrogen-bond acceptors (Lipinski definition) is 7. The predicted molar refractivity (Wildman–Crippen MR) is 256 cm³/mol. The molecule has 65 heavy (non-hydrogen) atoms. The first-order chi connectivity index (χ1) is 31.6. The molecule has 3 unspecified atom stereocenters. The van der Waals surface area contributed by atoms with Gasteiger partial charge in [-0.3, -0.25) is 9.59 Å². The van der Waals surface area contributed by atoms with Gasteiger partial charge in [-0.05, 0) is 60.2 Å². The largest absolute Gasteiger partial charge is 0.493 e. The van der Waals surface area contributed by atoms with E-state index in [9.17, 15) is 24.1 Å². The third kappa shape index (κ3) is 11.0. The Morgan fingerprint density at radius 3 is 1.45 bits per heavy atom. The number of nitrogens with one attached hydrogen (secondary N) is 2. The first kappa shape index (κ1) is 45.9. The molecule has 9 nitrogen and oxygen atoms in total. The Bertz CT molecular complexity index is 2520. The lowest BCUT2D eigenvalue weighted by molar-refractivity contribution is -0.153. The minimum Gasteiger partial charge on any atom is -0.493 e. The molecule has 0 heterocycles. The monoisotopic (exact) mass is 884 g/mol. The van der Waals surface area contributed by atoms with E-state index in [1.807, 2.05) is 152 Å². The molecule has 0 bridgehead atoms. The second kappa shape index (κ2) is 21.5. The number of aliphatic hydroxyl groups is 1. The highest BCUT2D eigenvalue weighted by Crippen LogP contribution is 2.42. The topological polar surface area (TPSA) is 131 Å². The minimum atomic E-state index is -3.23. The van der Waals surface area contributed by atoms with Gasteiger partial charge in [-0.2, -0.15) is 0 Å². The second-order valence-electron chi connectivity index (χ2n) is 15.8. The van der Waals surface area contributed by atoms with Crippen molar-refractivity contribution >= 4 is 40.8 Å². The van der Waals surface area contributed by atoms with Gasteiger partial charge in [-0.15, -0.1) is 0 Å². The summed E-state index contributed by atoms with van der Waals surface area (Å²) in [5, 5.41) is 18.0. The summed E-state index contributed by atoms with van der Waals surface area (Å²) in [5.74, 6) is -0.994. The highest BCUT2D eigenvalue weighted by molar-refractivity contribution is 7.85. The number of esters is 1. The summed E-state index contributed by atoms with van der Waals surface area (Å²) < 4.78 is 26.8. The Kier molecular flexibility index (Phi) is 15.2. The fourth-order valence-electron chi connectivity index (χ4n) is 7.95. The minimum absolute atomic E-state index is 0.0223. The lowest BCUT2D eigenvalue weighted by Crippen LogP contribution is -2.48. The standard InChI is InChI=1S/C55H53N2O7P/c1-40(58)42-28-32-47(33-29-42)63-39-38-52(59)56-51(36-37-53(60)57-55(44-18-8-3-9-19-44,45-20-10-4-11-21-45)46-22-12-5-13-23-46)54(61)64-41(2)43-30-34-50(35-31-43)65(62,48-24-14-6-15-25-48)49-26-16-7-17-27-49/h3-35,40-41,51,58H,36-39H2,1-2H3,(H,56,59)(H,57,60). The number of amides is 2. The van der Waals surface area contributed by atoms with Gasteiger partial charge < -0.3 is 29.8 Å². The van der Waals surface area contributed by atoms with Crippen molar-refractivity contribution in [1.82, 2.24) is 10.6 Å². The van der Waals surface area contributed by atoms with E-state index in [0.717, 1.165) is 22.3 Å². The van der Waals surface area contributed by atoms with E-state index >= 15 is 0 Å². The molecule has 7 rings (SSSR count). The van der Waals surface area contributed by atoms with Gasteiger partial charge >= 0.3 is 5.97 Å². The van der Waals surface area contributed by atoms with Crippen LogP contribution in [0.3, 0.4) is 0 Å². The smallest absolute Gasteiger partial charge is 0.329 e. The molecule has 7 aromatic carbocycles. The third-order valence-electron chi connectivity index (χ3n) is 11.4. The molecule has 0 radical (unpaired) electrons. The molecular weight excluding hydrogens is 832 g/mol. The quantitative estimate of drug-likeness (QED) is 0.0421. The molecule has 10 heteroatoms. The Balaban J connectivity index is 1.10. The Morgan fingerprint density at radius 1 is 0.554 bits per heavy atom. The highest BCUT2D eigenvalue weighted by atomic mass is 31.2. The van der Waals surface area contributed by atoms with Crippen molar-refractivity contribution in [2.45, 2.75) is 56.9 Å². The molecule has 0 spiro atoms. The van der Waals surface area contributed by atoms with Crippen molar-refractivity contribution in [3.63, 3.8) is 0 Å². The van der Waals surface area contributed by atoms with E-state index in [-0.39, 0.29) is 31.8 Å². The zero-order chi connectivity index (χ0) is 45.7. The van der Waals surface area contributed by atoms with Crippen molar-refractivity contribution in [2.75, 3.05) is 6.61 Å². The SMILES string of the molecule is CC(O)c1ccc(OCCC(=O)NC(CCC(=O)NC(c2ccccc2)(c2ccccc2)c2ccccc2)C(=O)OC(C)c2ccc(P(=O)(c3ccccc3)c3ccccc3)cc2)cc1. The summed E-state index contributed by atoms with van der Waals surface area (Å²) in [6, 6.07) is 60.9. The number of benzene rings is 7. The molecule has 0 aliphatic rings. The number of rotatable bonds is 19. The fourth-order valence-corrected chi connectivity index (χ4v) is 10.6. The zero-order valence-corrected chi connectivity index (χ0v) is 37.4. The molecule has 0 aliphatic carbocycles. The average Bonchev–Trinajstić information content (AvgIpc) is 3.35. The van der Waals surface area contributed by atoms with Gasteiger partial charge in [0.2, 0.25) is 11.8 Å². The first-order valence-electron chi connectivity index (χ1n) is 21.8. The van der Waals surface area contributed by atoms with Crippen LogP contribution >= 0.6 is 7.14 Å². The van der Waals surface area contributed by atoms with Gasteiger partial charge in [-0.25, -0.2) is 4.79 Å². The summed E-state index contributed by atoms with van der Waals surface area (Å²) in [7, 11) is -3.23. The van der Waals surface area contributed by atoms with Gasteiger partial charge in [-0.1, -0.05) is 188 Å². The zero-order valence-electron chi connectivity index (χ0n) is 36.5. The number of ether oxygens (including phenoxy) is 2. The van der Waals surface area contributed by atoms with E-state index in [4.69, 9.17) is 9.47 Å². The predicted octanol–water partition coefficient (Wildman–Crippen LogP) is 8.83. The average molecular weight is 885 g/mol. The molecule has 0 saturated heterocycles. The number of carbonyl (C=O) groups is 3. The molecule has 0 saturated carbocycles. The van der Waals surface area contributed by atoms with Crippen LogP contribution in [0.5, 0.6) is 5.75 Å². The lowest BCUT2D eigenvalue weighted by Gasteiger charge is -2.37. The molecule has 7 aromatic rings. The molecule has 330 valence electrons. The van der Waals surface area contributed by atoms with Crippen LogP contribution in [0.25, 0.3) is 0 Å². The van der Waals surface area contributed by atoms with E-state index in [1.54, 1.807) is 62.4 Å². The summed E-state index contributed by atoms with van der Waals surface area (Å²) in [6.07, 6.45) is -1.65. The number of hydrogen-bond donors (Lipinski definition) is 3. The highest BCUT2D eigenvalue weighted by Gasteiger charge is 2.38. The number of aliphatic hydroxyl groups excluding tert-OH is 1. The molecule has 0 aromatic heterocycles.